The molecule has 178 valence electrons. The fourth-order valence-corrected chi connectivity index (χ4v) is 4.82. The molecule has 3 aromatic rings. The molecule has 7 nitrogen and oxygen atoms in total. The lowest BCUT2D eigenvalue weighted by molar-refractivity contribution is 0.0103. The number of ether oxygens (including phenoxy) is 2. The summed E-state index contributed by atoms with van der Waals surface area (Å²) in [5.74, 6) is 1.43. The molecule has 3 unspecified atom stereocenters. The highest BCUT2D eigenvalue weighted by molar-refractivity contribution is 6.13. The number of nitrogens with zero attached hydrogens (tertiary/aromatic N) is 3. The summed E-state index contributed by atoms with van der Waals surface area (Å²) in [4.78, 5) is 13.2. The molecule has 0 aliphatic carbocycles. The Morgan fingerprint density at radius 2 is 1.97 bits per heavy atom. The number of nitrogens with one attached hydrogen (secondary N) is 1. The number of nitrogens with two attached hydrogens (primary N) is 1. The van der Waals surface area contributed by atoms with E-state index in [1.54, 1.807) is 25.8 Å². The minimum Gasteiger partial charge on any atom is -0.496 e. The Labute approximate surface area is 201 Å². The van der Waals surface area contributed by atoms with Crippen LogP contribution in [0.2, 0.25) is 0 Å². The minimum absolute atomic E-state index is 0.233. The van der Waals surface area contributed by atoms with Gasteiger partial charge in [-0.25, -0.2) is 9.97 Å². The van der Waals surface area contributed by atoms with E-state index < -0.39 is 0 Å². The molecular weight excluding hydrogens is 426 g/mol. The number of rotatable bonds is 6. The van der Waals surface area contributed by atoms with Crippen LogP contribution in [-0.2, 0) is 4.74 Å². The predicted molar refractivity (Wildman–Crippen MR) is 134 cm³/mol. The topological polar surface area (TPSA) is 107 Å². The maximum absolute atomic E-state index is 8.91. The molecule has 1 aromatic carbocycles. The summed E-state index contributed by atoms with van der Waals surface area (Å²) in [6, 6.07) is 9.37. The Morgan fingerprint density at radius 3 is 2.76 bits per heavy atom. The molecule has 1 aliphatic heterocycles. The van der Waals surface area contributed by atoms with Crippen LogP contribution in [-0.4, -0.2) is 40.0 Å². The fourth-order valence-electron chi connectivity index (χ4n) is 4.82. The molecule has 0 spiro atoms. The van der Waals surface area contributed by atoms with Crippen molar-refractivity contribution >= 4 is 11.4 Å². The number of pyridine rings is 1. The summed E-state index contributed by atoms with van der Waals surface area (Å²) in [6.45, 7) is 6.51. The maximum atomic E-state index is 8.91. The zero-order valence-electron chi connectivity index (χ0n) is 20.3. The van der Waals surface area contributed by atoms with E-state index in [9.17, 15) is 0 Å². The van der Waals surface area contributed by atoms with Crippen LogP contribution in [0.15, 0.2) is 49.1 Å². The lowest BCUT2D eigenvalue weighted by Crippen LogP contribution is -2.18. The number of anilines is 1. The van der Waals surface area contributed by atoms with E-state index in [1.165, 1.54) is 0 Å². The molecule has 0 radical (unpaired) electrons. The first-order valence-electron chi connectivity index (χ1n) is 11.8. The number of hydrogen-bond acceptors (Lipinski definition) is 7. The Balaban J connectivity index is 1.62. The van der Waals surface area contributed by atoms with Crippen molar-refractivity contribution in [2.24, 2.45) is 5.92 Å². The van der Waals surface area contributed by atoms with Crippen molar-refractivity contribution in [1.29, 1.82) is 5.41 Å². The Bertz CT molecular complexity index is 1170. The molecule has 3 N–H and O–H groups in total. The maximum Gasteiger partial charge on any atom is 0.129 e. The monoisotopic (exact) mass is 459 g/mol. The van der Waals surface area contributed by atoms with Crippen molar-refractivity contribution in [3.63, 3.8) is 0 Å². The van der Waals surface area contributed by atoms with Gasteiger partial charge in [-0.3, -0.25) is 10.4 Å². The van der Waals surface area contributed by atoms with Gasteiger partial charge >= 0.3 is 0 Å². The molecule has 4 rings (SSSR count). The van der Waals surface area contributed by atoms with Crippen molar-refractivity contribution < 1.29 is 9.47 Å². The SMILES string of the molecule is COc1ccncc1-c1ccc(N)c(C(=N)c2cc([C@H](C)C3CCC(C)OC(C)C3)ncn2)c1. The Kier molecular flexibility index (Phi) is 7.22. The highest BCUT2D eigenvalue weighted by Crippen LogP contribution is 2.35. The average molecular weight is 460 g/mol. The highest BCUT2D eigenvalue weighted by atomic mass is 16.5. The van der Waals surface area contributed by atoms with Crippen LogP contribution in [0.25, 0.3) is 11.1 Å². The molecule has 1 saturated heterocycles. The zero-order valence-corrected chi connectivity index (χ0v) is 20.3. The predicted octanol–water partition coefficient (Wildman–Crippen LogP) is 5.24. The van der Waals surface area contributed by atoms with E-state index in [-0.39, 0.29) is 23.8 Å². The van der Waals surface area contributed by atoms with Gasteiger partial charge in [0.25, 0.3) is 0 Å². The largest absolute Gasteiger partial charge is 0.496 e. The minimum atomic E-state index is 0.233. The van der Waals surface area contributed by atoms with Crippen LogP contribution in [0.3, 0.4) is 0 Å². The second-order valence-corrected chi connectivity index (χ2v) is 9.20. The van der Waals surface area contributed by atoms with E-state index in [2.05, 4.69) is 35.7 Å². The quantitative estimate of drug-likeness (QED) is 0.385. The summed E-state index contributed by atoms with van der Waals surface area (Å²) >= 11 is 0. The van der Waals surface area contributed by atoms with Crippen molar-refractivity contribution in [2.45, 2.75) is 58.2 Å². The number of aromatic nitrogens is 3. The molecular formula is C27H33N5O2. The molecule has 0 amide bonds. The summed E-state index contributed by atoms with van der Waals surface area (Å²) in [6.07, 6.45) is 8.67. The second kappa shape index (κ2) is 10.3. The standard InChI is InChI=1S/C27H33N5O2/c1-16-5-6-19(11-17(2)34-16)18(3)24-13-25(32-15-31-24)27(29)21-12-20(7-8-23(21)28)22-14-30-10-9-26(22)33-4/h7-10,12-19,29H,5-6,11,28H2,1-4H3/t16?,17?,18-,19?/m1/s1. The van der Waals surface area contributed by atoms with Crippen LogP contribution in [0.1, 0.15) is 62.9 Å². The van der Waals surface area contributed by atoms with Crippen LogP contribution >= 0.6 is 0 Å². The third-order valence-electron chi connectivity index (χ3n) is 6.80. The second-order valence-electron chi connectivity index (χ2n) is 9.20. The van der Waals surface area contributed by atoms with Crippen molar-refractivity contribution in [3.8, 4) is 16.9 Å². The van der Waals surface area contributed by atoms with Gasteiger partial charge in [-0.05, 0) is 68.9 Å². The first-order chi connectivity index (χ1) is 16.4. The molecule has 34 heavy (non-hydrogen) atoms. The van der Waals surface area contributed by atoms with E-state index in [1.807, 2.05) is 30.3 Å². The summed E-state index contributed by atoms with van der Waals surface area (Å²) in [5, 5.41) is 8.91. The van der Waals surface area contributed by atoms with Gasteiger partial charge in [0.2, 0.25) is 0 Å². The third-order valence-corrected chi connectivity index (χ3v) is 6.80. The van der Waals surface area contributed by atoms with Crippen LogP contribution in [0, 0.1) is 11.3 Å². The summed E-state index contributed by atoms with van der Waals surface area (Å²) in [7, 11) is 1.63. The number of methoxy groups -OCH3 is 1. The average Bonchev–Trinajstić information content (AvgIpc) is 3.03. The summed E-state index contributed by atoms with van der Waals surface area (Å²) in [5.41, 5.74) is 10.9. The van der Waals surface area contributed by atoms with Gasteiger partial charge in [-0.15, -0.1) is 0 Å². The lowest BCUT2D eigenvalue weighted by atomic mass is 9.83. The zero-order chi connectivity index (χ0) is 24.2. The fraction of sp³-hybridized carbons (Fsp3) is 0.407. The van der Waals surface area contributed by atoms with Gasteiger partial charge in [-0.1, -0.05) is 13.0 Å². The van der Waals surface area contributed by atoms with Crippen molar-refractivity contribution in [3.05, 3.63) is 66.0 Å². The number of hydrogen-bond donors (Lipinski definition) is 2. The normalized spacial score (nSPS) is 21.5. The number of benzene rings is 1. The van der Waals surface area contributed by atoms with Gasteiger partial charge in [0.05, 0.1) is 30.7 Å². The smallest absolute Gasteiger partial charge is 0.129 e. The molecule has 2 aromatic heterocycles. The van der Waals surface area contributed by atoms with Crippen LogP contribution in [0.5, 0.6) is 5.75 Å². The van der Waals surface area contributed by atoms with Crippen molar-refractivity contribution in [1.82, 2.24) is 15.0 Å². The van der Waals surface area contributed by atoms with E-state index in [0.717, 1.165) is 36.1 Å². The third kappa shape index (κ3) is 5.09. The van der Waals surface area contributed by atoms with E-state index in [4.69, 9.17) is 20.6 Å². The van der Waals surface area contributed by atoms with Crippen molar-refractivity contribution in [2.75, 3.05) is 12.8 Å². The van der Waals surface area contributed by atoms with Crippen LogP contribution in [0.4, 0.5) is 5.69 Å². The molecule has 0 saturated carbocycles. The lowest BCUT2D eigenvalue weighted by Gasteiger charge is -2.23. The molecule has 3 heterocycles. The van der Waals surface area contributed by atoms with Gasteiger partial charge in [0.15, 0.2) is 0 Å². The first kappa shape index (κ1) is 23.8. The van der Waals surface area contributed by atoms with E-state index >= 15 is 0 Å². The van der Waals surface area contributed by atoms with Gasteiger partial charge < -0.3 is 15.2 Å². The van der Waals surface area contributed by atoms with Gasteiger partial charge in [0, 0.05) is 40.8 Å². The molecule has 0 bridgehead atoms. The Hall–Kier alpha value is -3.32. The van der Waals surface area contributed by atoms with Gasteiger partial charge in [0.1, 0.15) is 12.1 Å². The first-order valence-corrected chi connectivity index (χ1v) is 11.8. The Morgan fingerprint density at radius 1 is 1.15 bits per heavy atom. The molecule has 1 fully saturated rings. The van der Waals surface area contributed by atoms with Gasteiger partial charge in [-0.2, -0.15) is 0 Å². The summed E-state index contributed by atoms with van der Waals surface area (Å²) < 4.78 is 11.5. The number of nitrogen functional groups attached to an aromatic ring is 1. The molecule has 7 heteroatoms. The highest BCUT2D eigenvalue weighted by Gasteiger charge is 2.27. The molecule has 4 atom stereocenters. The molecule has 1 aliphatic rings. The van der Waals surface area contributed by atoms with E-state index in [0.29, 0.717) is 28.6 Å². The van der Waals surface area contributed by atoms with Crippen LogP contribution < -0.4 is 10.5 Å².